The van der Waals surface area contributed by atoms with Crippen LogP contribution in [0, 0.1) is 0 Å². The second kappa shape index (κ2) is 6.47. The van der Waals surface area contributed by atoms with Crippen LogP contribution in [-0.4, -0.2) is 38.1 Å². The lowest BCUT2D eigenvalue weighted by Gasteiger charge is -2.14. The molecule has 0 aliphatic rings. The average molecular weight is 287 g/mol. The zero-order valence-corrected chi connectivity index (χ0v) is 10.9. The molecule has 7 heteroatoms. The molecule has 0 saturated carbocycles. The van der Waals surface area contributed by atoms with Crippen LogP contribution in [0.3, 0.4) is 0 Å². The molecule has 0 aliphatic heterocycles. The van der Waals surface area contributed by atoms with Gasteiger partial charge in [-0.2, -0.15) is 0 Å². The van der Waals surface area contributed by atoms with Gasteiger partial charge in [-0.05, 0) is 17.7 Å². The first-order chi connectivity index (χ1) is 10.1. The minimum atomic E-state index is -1.15. The van der Waals surface area contributed by atoms with Crippen LogP contribution in [0.25, 0.3) is 0 Å². The highest BCUT2D eigenvalue weighted by atomic mass is 16.4. The van der Waals surface area contributed by atoms with Crippen molar-refractivity contribution in [2.24, 2.45) is 0 Å². The third-order valence-corrected chi connectivity index (χ3v) is 2.80. The zero-order valence-electron chi connectivity index (χ0n) is 10.9. The van der Waals surface area contributed by atoms with E-state index in [9.17, 15) is 19.8 Å². The third kappa shape index (κ3) is 4.00. The standard InChI is InChI=1S/C14H13N3O4/c18-11-3-1-9(2-4-11)5-12(14(20)21)17-13(19)10-6-15-8-16-7-10/h1-4,6-8,12,18H,5H2,(H,17,19)(H,20,21). The van der Waals surface area contributed by atoms with Crippen molar-refractivity contribution >= 4 is 11.9 Å². The van der Waals surface area contributed by atoms with Gasteiger partial charge in [-0.3, -0.25) is 4.79 Å². The van der Waals surface area contributed by atoms with Crippen molar-refractivity contribution in [2.45, 2.75) is 12.5 Å². The van der Waals surface area contributed by atoms with Gasteiger partial charge < -0.3 is 15.5 Å². The number of hydrogen-bond donors (Lipinski definition) is 3. The van der Waals surface area contributed by atoms with Gasteiger partial charge in [-0.15, -0.1) is 0 Å². The lowest BCUT2D eigenvalue weighted by atomic mass is 10.1. The molecule has 0 radical (unpaired) electrons. The molecule has 1 aromatic carbocycles. The largest absolute Gasteiger partial charge is 0.508 e. The Labute approximate surface area is 120 Å². The van der Waals surface area contributed by atoms with Gasteiger partial charge in [0, 0.05) is 18.8 Å². The van der Waals surface area contributed by atoms with Crippen LogP contribution in [0.15, 0.2) is 43.0 Å². The van der Waals surface area contributed by atoms with E-state index in [2.05, 4.69) is 15.3 Å². The Bertz CT molecular complexity index is 628. The number of carbonyl (C=O) groups excluding carboxylic acids is 1. The minimum Gasteiger partial charge on any atom is -0.508 e. The number of hydrogen-bond acceptors (Lipinski definition) is 5. The lowest BCUT2D eigenvalue weighted by molar-refractivity contribution is -0.139. The summed E-state index contributed by atoms with van der Waals surface area (Å²) in [6.45, 7) is 0. The highest BCUT2D eigenvalue weighted by Crippen LogP contribution is 2.11. The van der Waals surface area contributed by atoms with E-state index in [1.165, 1.54) is 30.9 Å². The first kappa shape index (κ1) is 14.4. The quantitative estimate of drug-likeness (QED) is 0.742. The number of carbonyl (C=O) groups is 2. The summed E-state index contributed by atoms with van der Waals surface area (Å²) in [5.41, 5.74) is 0.874. The number of aliphatic carboxylic acids is 1. The van der Waals surface area contributed by atoms with Gasteiger partial charge in [0.2, 0.25) is 0 Å². The van der Waals surface area contributed by atoms with Gasteiger partial charge in [-0.1, -0.05) is 12.1 Å². The molecular weight excluding hydrogens is 274 g/mol. The Morgan fingerprint density at radius 2 is 1.76 bits per heavy atom. The van der Waals surface area contributed by atoms with Crippen LogP contribution in [0.2, 0.25) is 0 Å². The Balaban J connectivity index is 2.07. The van der Waals surface area contributed by atoms with Gasteiger partial charge in [0.1, 0.15) is 18.1 Å². The van der Waals surface area contributed by atoms with Crippen LogP contribution in [0.1, 0.15) is 15.9 Å². The van der Waals surface area contributed by atoms with Crippen molar-refractivity contribution in [3.63, 3.8) is 0 Å². The van der Waals surface area contributed by atoms with E-state index in [0.717, 1.165) is 0 Å². The summed E-state index contributed by atoms with van der Waals surface area (Å²) in [4.78, 5) is 30.6. The van der Waals surface area contributed by atoms with Crippen LogP contribution in [0.5, 0.6) is 5.75 Å². The molecule has 2 rings (SSSR count). The maximum Gasteiger partial charge on any atom is 0.326 e. The molecule has 2 aromatic rings. The molecule has 1 unspecified atom stereocenters. The summed E-state index contributed by atoms with van der Waals surface area (Å²) in [5.74, 6) is -1.61. The zero-order chi connectivity index (χ0) is 15.2. The van der Waals surface area contributed by atoms with Crippen molar-refractivity contribution in [3.05, 3.63) is 54.1 Å². The number of aromatic hydroxyl groups is 1. The predicted molar refractivity (Wildman–Crippen MR) is 72.7 cm³/mol. The molecular formula is C14H13N3O4. The van der Waals surface area contributed by atoms with Gasteiger partial charge in [0.25, 0.3) is 5.91 Å². The van der Waals surface area contributed by atoms with E-state index >= 15 is 0 Å². The van der Waals surface area contributed by atoms with E-state index in [-0.39, 0.29) is 17.7 Å². The van der Waals surface area contributed by atoms with Gasteiger partial charge in [0.15, 0.2) is 0 Å². The van der Waals surface area contributed by atoms with Crippen molar-refractivity contribution in [3.8, 4) is 5.75 Å². The molecule has 7 nitrogen and oxygen atoms in total. The molecule has 21 heavy (non-hydrogen) atoms. The fourth-order valence-electron chi connectivity index (χ4n) is 1.73. The maximum atomic E-state index is 11.9. The maximum absolute atomic E-state index is 11.9. The highest BCUT2D eigenvalue weighted by molar-refractivity contribution is 5.96. The summed E-state index contributed by atoms with van der Waals surface area (Å²) in [6, 6.07) is 5.04. The van der Waals surface area contributed by atoms with Crippen molar-refractivity contribution in [2.75, 3.05) is 0 Å². The Hall–Kier alpha value is -2.96. The number of carboxylic acid groups (broad SMARTS) is 1. The monoisotopic (exact) mass is 287 g/mol. The van der Waals surface area contributed by atoms with Gasteiger partial charge >= 0.3 is 5.97 Å². The third-order valence-electron chi connectivity index (χ3n) is 2.80. The van der Waals surface area contributed by atoms with E-state index in [1.54, 1.807) is 12.1 Å². The number of rotatable bonds is 5. The number of benzene rings is 1. The van der Waals surface area contributed by atoms with Gasteiger partial charge in [0.05, 0.1) is 5.56 Å². The Morgan fingerprint density at radius 1 is 1.14 bits per heavy atom. The Kier molecular flexibility index (Phi) is 4.45. The number of amides is 1. The smallest absolute Gasteiger partial charge is 0.326 e. The molecule has 1 atom stereocenters. The summed E-state index contributed by atoms with van der Waals surface area (Å²) < 4.78 is 0. The van der Waals surface area contributed by atoms with Crippen LogP contribution in [-0.2, 0) is 11.2 Å². The molecule has 0 saturated heterocycles. The average Bonchev–Trinajstić information content (AvgIpc) is 2.49. The van der Waals surface area contributed by atoms with E-state index < -0.39 is 17.9 Å². The number of carboxylic acids is 1. The summed E-state index contributed by atoms with van der Waals surface area (Å²) in [6.07, 6.45) is 4.00. The summed E-state index contributed by atoms with van der Waals surface area (Å²) in [7, 11) is 0. The van der Waals surface area contributed by atoms with Crippen LogP contribution >= 0.6 is 0 Å². The number of nitrogens with one attached hydrogen (secondary N) is 1. The first-order valence-corrected chi connectivity index (χ1v) is 6.13. The Morgan fingerprint density at radius 3 is 2.33 bits per heavy atom. The van der Waals surface area contributed by atoms with Crippen LogP contribution < -0.4 is 5.32 Å². The molecule has 1 heterocycles. The van der Waals surface area contributed by atoms with Gasteiger partial charge in [-0.25, -0.2) is 14.8 Å². The van der Waals surface area contributed by atoms with E-state index in [4.69, 9.17) is 0 Å². The number of aromatic nitrogens is 2. The summed E-state index contributed by atoms with van der Waals surface area (Å²) in [5, 5.41) is 20.8. The fraction of sp³-hybridized carbons (Fsp3) is 0.143. The van der Waals surface area contributed by atoms with E-state index in [0.29, 0.717) is 5.56 Å². The minimum absolute atomic E-state index is 0.0936. The first-order valence-electron chi connectivity index (χ1n) is 6.13. The normalized spacial score (nSPS) is 11.6. The molecule has 0 bridgehead atoms. The van der Waals surface area contributed by atoms with E-state index in [1.807, 2.05) is 0 Å². The molecule has 108 valence electrons. The molecule has 1 aromatic heterocycles. The second-order valence-electron chi connectivity index (χ2n) is 4.36. The SMILES string of the molecule is O=C(NC(Cc1ccc(O)cc1)C(=O)O)c1cncnc1. The highest BCUT2D eigenvalue weighted by Gasteiger charge is 2.21. The molecule has 0 spiro atoms. The van der Waals surface area contributed by atoms with Crippen molar-refractivity contribution in [1.82, 2.24) is 15.3 Å². The number of phenols is 1. The molecule has 1 amide bonds. The molecule has 0 aliphatic carbocycles. The number of phenolic OH excluding ortho intramolecular Hbond substituents is 1. The van der Waals surface area contributed by atoms with Crippen LogP contribution in [0.4, 0.5) is 0 Å². The molecule has 0 fully saturated rings. The fourth-order valence-corrected chi connectivity index (χ4v) is 1.73. The second-order valence-corrected chi connectivity index (χ2v) is 4.36. The lowest BCUT2D eigenvalue weighted by Crippen LogP contribution is -2.42. The van der Waals surface area contributed by atoms with Crippen molar-refractivity contribution < 1.29 is 19.8 Å². The molecule has 3 N–H and O–H groups in total. The van der Waals surface area contributed by atoms with Crippen molar-refractivity contribution in [1.29, 1.82) is 0 Å². The predicted octanol–water partition coefficient (Wildman–Crippen LogP) is 0.608. The topological polar surface area (TPSA) is 112 Å². The number of nitrogens with zero attached hydrogens (tertiary/aromatic N) is 2. The summed E-state index contributed by atoms with van der Waals surface area (Å²) >= 11 is 0.